The number of aliphatic hydroxyl groups is 2. The maximum absolute atomic E-state index is 10.2. The van der Waals surface area contributed by atoms with Gasteiger partial charge in [-0.1, -0.05) is 97.3 Å². The Morgan fingerprint density at radius 2 is 1.00 bits per heavy atom. The fourth-order valence-corrected chi connectivity index (χ4v) is 3.70. The summed E-state index contributed by atoms with van der Waals surface area (Å²) in [5, 5.41) is 17.8. The zero-order valence-electron chi connectivity index (χ0n) is 20.3. The van der Waals surface area contributed by atoms with Gasteiger partial charge in [-0.05, 0) is 19.4 Å². The highest BCUT2D eigenvalue weighted by Crippen LogP contribution is 2.35. The predicted molar refractivity (Wildman–Crippen MR) is 129 cm³/mol. The molecule has 4 N–H and O–H groups in total. The molecule has 0 aliphatic rings. The molecule has 0 aromatic heterocycles. The van der Waals surface area contributed by atoms with Gasteiger partial charge in [0.15, 0.2) is 0 Å². The van der Waals surface area contributed by atoms with Crippen molar-refractivity contribution in [3.05, 3.63) is 0 Å². The van der Waals surface area contributed by atoms with E-state index < -0.39 is 7.82 Å². The maximum atomic E-state index is 10.2. The third-order valence-electron chi connectivity index (χ3n) is 5.17. The van der Waals surface area contributed by atoms with Crippen molar-refractivity contribution in [1.82, 2.24) is 4.90 Å². The molecule has 0 heterocycles. The van der Waals surface area contributed by atoms with Crippen molar-refractivity contribution in [3.8, 4) is 0 Å². The molecule has 0 unspecified atom stereocenters. The number of nitrogens with zero attached hydrogens (tertiary/aromatic N) is 1. The van der Waals surface area contributed by atoms with Crippen LogP contribution in [0, 0.1) is 0 Å². The summed E-state index contributed by atoms with van der Waals surface area (Å²) >= 11 is 0. The summed E-state index contributed by atoms with van der Waals surface area (Å²) < 4.78 is 14.5. The summed E-state index contributed by atoms with van der Waals surface area (Å²) in [7, 11) is -4.22. The molecule has 0 saturated heterocycles. The van der Waals surface area contributed by atoms with E-state index in [0.717, 1.165) is 25.8 Å². The molecule has 0 fully saturated rings. The first kappa shape index (κ1) is 33.2. The van der Waals surface area contributed by atoms with Crippen molar-refractivity contribution in [2.75, 3.05) is 39.5 Å². The summed E-state index contributed by atoms with van der Waals surface area (Å²) in [6.07, 6.45) is 18.7. The second-order valence-corrected chi connectivity index (χ2v) is 9.45. The Labute approximate surface area is 191 Å². The van der Waals surface area contributed by atoms with Crippen LogP contribution >= 0.6 is 7.82 Å². The fourth-order valence-electron chi connectivity index (χ4n) is 3.33. The quantitative estimate of drug-likeness (QED) is 0.126. The molecule has 0 aromatic carbocycles. The van der Waals surface area contributed by atoms with Gasteiger partial charge in [0.2, 0.25) is 0 Å². The number of hydrogen-bond acceptors (Lipinski definition) is 5. The van der Waals surface area contributed by atoms with Crippen LogP contribution < -0.4 is 0 Å². The van der Waals surface area contributed by atoms with E-state index in [4.69, 9.17) is 20.0 Å². The van der Waals surface area contributed by atoms with Gasteiger partial charge in [0.05, 0.1) is 19.8 Å². The van der Waals surface area contributed by atoms with E-state index in [9.17, 15) is 4.57 Å². The fraction of sp³-hybridized carbons (Fsp3) is 1.00. The van der Waals surface area contributed by atoms with Gasteiger partial charge in [0.1, 0.15) is 0 Å². The molecule has 190 valence electrons. The van der Waals surface area contributed by atoms with Crippen molar-refractivity contribution in [3.63, 3.8) is 0 Å². The third kappa shape index (κ3) is 32.3. The molecule has 0 spiro atoms. The van der Waals surface area contributed by atoms with Gasteiger partial charge in [0.25, 0.3) is 0 Å². The number of rotatable bonds is 22. The number of phosphoric ester groups is 1. The molecule has 0 saturated carbocycles. The molecule has 0 aliphatic heterocycles. The van der Waals surface area contributed by atoms with Crippen LogP contribution in [0.1, 0.15) is 110 Å². The molecule has 7 nitrogen and oxygen atoms in total. The van der Waals surface area contributed by atoms with E-state index in [2.05, 4.69) is 23.3 Å². The van der Waals surface area contributed by atoms with Gasteiger partial charge in [-0.15, -0.1) is 0 Å². The van der Waals surface area contributed by atoms with E-state index in [1.54, 1.807) is 0 Å². The van der Waals surface area contributed by atoms with Crippen LogP contribution in [0.3, 0.4) is 0 Å². The topological polar surface area (TPSA) is 110 Å². The first-order valence-corrected chi connectivity index (χ1v) is 14.1. The Morgan fingerprint density at radius 1 is 0.613 bits per heavy atom. The average Bonchev–Trinajstić information content (AvgIpc) is 2.72. The monoisotopic (exact) mass is 469 g/mol. The Hall–Kier alpha value is -0.0100. The first-order valence-electron chi connectivity index (χ1n) is 12.5. The van der Waals surface area contributed by atoms with Crippen molar-refractivity contribution in [1.29, 1.82) is 0 Å². The lowest BCUT2D eigenvalue weighted by Crippen LogP contribution is -2.30. The van der Waals surface area contributed by atoms with E-state index in [0.29, 0.717) is 13.1 Å². The van der Waals surface area contributed by atoms with Gasteiger partial charge in [-0.25, -0.2) is 4.57 Å². The van der Waals surface area contributed by atoms with Crippen LogP contribution in [0.5, 0.6) is 0 Å². The summed E-state index contributed by atoms with van der Waals surface area (Å²) in [4.78, 5) is 18.8. The molecule has 0 aliphatic carbocycles. The molecule has 31 heavy (non-hydrogen) atoms. The van der Waals surface area contributed by atoms with E-state index in [1.807, 2.05) is 0 Å². The molecule has 0 radical (unpaired) electrons. The normalized spacial score (nSPS) is 11.6. The lowest BCUT2D eigenvalue weighted by molar-refractivity contribution is 0.159. The maximum Gasteiger partial charge on any atom is 0.469 e. The Bertz CT molecular complexity index is 375. The average molecular weight is 470 g/mol. The van der Waals surface area contributed by atoms with E-state index >= 15 is 0 Å². The number of unbranched alkanes of at least 4 members (excludes halogenated alkanes) is 13. The smallest absolute Gasteiger partial charge is 0.395 e. The first-order chi connectivity index (χ1) is 14.9. The predicted octanol–water partition coefficient (Wildman–Crippen LogP) is 5.26. The zero-order chi connectivity index (χ0) is 23.6. The Morgan fingerprint density at radius 3 is 1.39 bits per heavy atom. The molecular formula is C23H52NO6P. The van der Waals surface area contributed by atoms with Crippen LogP contribution in [-0.4, -0.2) is 64.4 Å². The standard InChI is InChI=1S/C16H35NO2.C7H17O4P/c1-2-3-4-5-6-7-8-9-10-11-12-17(13-15-18)14-16-19;1-2-3-4-5-6-7-11-12(8,9)10/h18-19H,2-16H2,1H3;2-7H2,1H3,(H2,8,9,10). The largest absolute Gasteiger partial charge is 0.469 e. The number of hydrogen-bond donors (Lipinski definition) is 4. The van der Waals surface area contributed by atoms with Crippen LogP contribution in [0.15, 0.2) is 0 Å². The molecule has 0 aromatic rings. The van der Waals surface area contributed by atoms with Crippen molar-refractivity contribution >= 4 is 7.82 Å². The second-order valence-electron chi connectivity index (χ2n) is 8.21. The zero-order valence-corrected chi connectivity index (χ0v) is 21.2. The van der Waals surface area contributed by atoms with Crippen LogP contribution in [-0.2, 0) is 9.09 Å². The molecule has 0 bridgehead atoms. The van der Waals surface area contributed by atoms with Gasteiger partial charge in [-0.2, -0.15) is 0 Å². The SMILES string of the molecule is CCCCCCCCCCCCN(CCO)CCO.CCCCCCCOP(=O)(O)O. The van der Waals surface area contributed by atoms with Gasteiger partial charge in [-0.3, -0.25) is 9.42 Å². The van der Waals surface area contributed by atoms with Crippen molar-refractivity contribution < 1.29 is 29.1 Å². The van der Waals surface area contributed by atoms with E-state index in [1.165, 1.54) is 77.0 Å². The second kappa shape index (κ2) is 26.2. The minimum Gasteiger partial charge on any atom is -0.395 e. The van der Waals surface area contributed by atoms with Crippen LogP contribution in [0.2, 0.25) is 0 Å². The summed E-state index contributed by atoms with van der Waals surface area (Å²) in [5.74, 6) is 0. The lowest BCUT2D eigenvalue weighted by atomic mass is 10.1. The van der Waals surface area contributed by atoms with Crippen LogP contribution in [0.25, 0.3) is 0 Å². The van der Waals surface area contributed by atoms with Gasteiger partial charge in [0, 0.05) is 13.1 Å². The highest BCUT2D eigenvalue weighted by molar-refractivity contribution is 7.46. The number of phosphoric acid groups is 1. The molecule has 0 rings (SSSR count). The van der Waals surface area contributed by atoms with Crippen molar-refractivity contribution in [2.24, 2.45) is 0 Å². The van der Waals surface area contributed by atoms with E-state index in [-0.39, 0.29) is 19.8 Å². The molecule has 0 atom stereocenters. The molecule has 0 amide bonds. The van der Waals surface area contributed by atoms with Gasteiger partial charge < -0.3 is 20.0 Å². The van der Waals surface area contributed by atoms with Crippen LogP contribution in [0.4, 0.5) is 0 Å². The highest BCUT2D eigenvalue weighted by Gasteiger charge is 2.12. The lowest BCUT2D eigenvalue weighted by Gasteiger charge is -2.19. The third-order valence-corrected chi connectivity index (χ3v) is 5.69. The Balaban J connectivity index is 0. The van der Waals surface area contributed by atoms with Crippen molar-refractivity contribution in [2.45, 2.75) is 110 Å². The summed E-state index contributed by atoms with van der Waals surface area (Å²) in [6, 6.07) is 0. The minimum atomic E-state index is -4.22. The highest BCUT2D eigenvalue weighted by atomic mass is 31.2. The molecular weight excluding hydrogens is 417 g/mol. The summed E-state index contributed by atoms with van der Waals surface area (Å²) in [6.45, 7) is 7.32. The minimum absolute atomic E-state index is 0.161. The molecule has 8 heteroatoms. The number of aliphatic hydroxyl groups excluding tert-OH is 2. The summed E-state index contributed by atoms with van der Waals surface area (Å²) in [5.41, 5.74) is 0. The van der Waals surface area contributed by atoms with Gasteiger partial charge >= 0.3 is 7.82 Å². The Kier molecular flexibility index (Phi) is 28.1.